The molecule has 1 N–H and O–H groups in total. The Labute approximate surface area is 108 Å². The molecule has 0 aromatic heterocycles. The molecule has 0 saturated heterocycles. The van der Waals surface area contributed by atoms with Crippen LogP contribution in [0.1, 0.15) is 32.6 Å². The Bertz CT molecular complexity index is 339. The maximum absolute atomic E-state index is 5.94. The van der Waals surface area contributed by atoms with Crippen molar-refractivity contribution in [3.8, 4) is 5.75 Å². The first kappa shape index (κ1) is 12.7. The molecule has 0 bridgehead atoms. The predicted octanol–water partition coefficient (Wildman–Crippen LogP) is 3.64. The number of halogens is 1. The summed E-state index contributed by atoms with van der Waals surface area (Å²) in [4.78, 5) is 0. The standard InChI is InChI=1S/C14H20ClNO/c1-2-9-16-12-5-8-14(10-12)17-13-6-3-11(15)4-7-13/h3-4,6-7,12,14,16H,2,5,8-10H2,1H3. The summed E-state index contributed by atoms with van der Waals surface area (Å²) in [6, 6.07) is 8.26. The molecule has 1 aliphatic rings. The molecule has 1 aliphatic carbocycles. The van der Waals surface area contributed by atoms with Crippen LogP contribution in [0.4, 0.5) is 0 Å². The van der Waals surface area contributed by atoms with Gasteiger partial charge in [0.1, 0.15) is 11.9 Å². The molecule has 2 unspecified atom stereocenters. The fraction of sp³-hybridized carbons (Fsp3) is 0.571. The molecule has 2 nitrogen and oxygen atoms in total. The second-order valence-corrected chi connectivity index (χ2v) is 5.09. The Morgan fingerprint density at radius 3 is 2.76 bits per heavy atom. The van der Waals surface area contributed by atoms with Gasteiger partial charge in [-0.25, -0.2) is 0 Å². The summed E-state index contributed by atoms with van der Waals surface area (Å²) >= 11 is 5.84. The number of hydrogen-bond donors (Lipinski definition) is 1. The maximum Gasteiger partial charge on any atom is 0.119 e. The van der Waals surface area contributed by atoms with Crippen molar-refractivity contribution in [3.63, 3.8) is 0 Å². The quantitative estimate of drug-likeness (QED) is 0.865. The maximum atomic E-state index is 5.94. The third kappa shape index (κ3) is 3.90. The van der Waals surface area contributed by atoms with E-state index in [9.17, 15) is 0 Å². The average Bonchev–Trinajstić information content (AvgIpc) is 2.77. The molecule has 1 fully saturated rings. The van der Waals surface area contributed by atoms with Crippen LogP contribution in [0.3, 0.4) is 0 Å². The fourth-order valence-electron chi connectivity index (χ4n) is 2.29. The van der Waals surface area contributed by atoms with E-state index in [1.807, 2.05) is 24.3 Å². The zero-order valence-corrected chi connectivity index (χ0v) is 11.0. The topological polar surface area (TPSA) is 21.3 Å². The number of nitrogens with one attached hydrogen (secondary N) is 1. The van der Waals surface area contributed by atoms with Gasteiger partial charge in [-0.15, -0.1) is 0 Å². The molecule has 2 atom stereocenters. The monoisotopic (exact) mass is 253 g/mol. The minimum atomic E-state index is 0.352. The Kier molecular flexibility index (Phi) is 4.69. The zero-order chi connectivity index (χ0) is 12.1. The Balaban J connectivity index is 1.79. The normalized spacial score (nSPS) is 23.9. The molecule has 0 radical (unpaired) electrons. The first-order chi connectivity index (χ1) is 8.28. The Morgan fingerprint density at radius 2 is 2.06 bits per heavy atom. The van der Waals surface area contributed by atoms with Gasteiger partial charge in [-0.05, 0) is 56.5 Å². The van der Waals surface area contributed by atoms with Gasteiger partial charge >= 0.3 is 0 Å². The van der Waals surface area contributed by atoms with Crippen LogP contribution < -0.4 is 10.1 Å². The first-order valence-electron chi connectivity index (χ1n) is 6.43. The molecule has 0 spiro atoms. The molecule has 1 aromatic rings. The summed E-state index contributed by atoms with van der Waals surface area (Å²) in [6.07, 6.45) is 5.02. The number of benzene rings is 1. The van der Waals surface area contributed by atoms with Crippen LogP contribution in [-0.2, 0) is 0 Å². The van der Waals surface area contributed by atoms with Crippen molar-refractivity contribution in [1.82, 2.24) is 5.32 Å². The molecular weight excluding hydrogens is 234 g/mol. The van der Waals surface area contributed by atoms with Crippen LogP contribution in [0.25, 0.3) is 0 Å². The van der Waals surface area contributed by atoms with E-state index in [2.05, 4.69) is 12.2 Å². The van der Waals surface area contributed by atoms with E-state index in [1.54, 1.807) is 0 Å². The highest BCUT2D eigenvalue weighted by molar-refractivity contribution is 6.30. The molecule has 2 rings (SSSR count). The lowest BCUT2D eigenvalue weighted by molar-refractivity contribution is 0.206. The summed E-state index contributed by atoms with van der Waals surface area (Å²) in [6.45, 7) is 3.31. The zero-order valence-electron chi connectivity index (χ0n) is 10.3. The second kappa shape index (κ2) is 6.27. The van der Waals surface area contributed by atoms with E-state index in [-0.39, 0.29) is 0 Å². The summed E-state index contributed by atoms with van der Waals surface area (Å²) in [5.74, 6) is 0.926. The predicted molar refractivity (Wildman–Crippen MR) is 71.8 cm³/mol. The van der Waals surface area contributed by atoms with Crippen LogP contribution in [0.15, 0.2) is 24.3 Å². The fourth-order valence-corrected chi connectivity index (χ4v) is 2.41. The minimum Gasteiger partial charge on any atom is -0.490 e. The van der Waals surface area contributed by atoms with Gasteiger partial charge in [0.25, 0.3) is 0 Å². The molecule has 0 amide bonds. The van der Waals surface area contributed by atoms with Gasteiger partial charge in [0.2, 0.25) is 0 Å². The smallest absolute Gasteiger partial charge is 0.119 e. The largest absolute Gasteiger partial charge is 0.490 e. The average molecular weight is 254 g/mol. The van der Waals surface area contributed by atoms with E-state index in [4.69, 9.17) is 16.3 Å². The van der Waals surface area contributed by atoms with Crippen molar-refractivity contribution in [2.75, 3.05) is 6.54 Å². The molecular formula is C14H20ClNO. The van der Waals surface area contributed by atoms with Gasteiger partial charge < -0.3 is 10.1 Å². The minimum absolute atomic E-state index is 0.352. The number of hydrogen-bond acceptors (Lipinski definition) is 2. The highest BCUT2D eigenvalue weighted by atomic mass is 35.5. The van der Waals surface area contributed by atoms with Gasteiger partial charge in [-0.3, -0.25) is 0 Å². The third-order valence-electron chi connectivity index (χ3n) is 3.18. The van der Waals surface area contributed by atoms with Crippen LogP contribution in [0.2, 0.25) is 5.02 Å². The Morgan fingerprint density at radius 1 is 1.29 bits per heavy atom. The van der Waals surface area contributed by atoms with Crippen molar-refractivity contribution in [2.45, 2.75) is 44.8 Å². The lowest BCUT2D eigenvalue weighted by Crippen LogP contribution is -2.28. The lowest BCUT2D eigenvalue weighted by atomic mass is 10.2. The lowest BCUT2D eigenvalue weighted by Gasteiger charge is -2.15. The van der Waals surface area contributed by atoms with Crippen LogP contribution >= 0.6 is 11.6 Å². The molecule has 3 heteroatoms. The SMILES string of the molecule is CCCNC1CCC(Oc2ccc(Cl)cc2)C1. The molecule has 17 heavy (non-hydrogen) atoms. The van der Waals surface area contributed by atoms with E-state index >= 15 is 0 Å². The summed E-state index contributed by atoms with van der Waals surface area (Å²) in [5, 5.41) is 4.31. The van der Waals surface area contributed by atoms with Gasteiger partial charge in [-0.2, -0.15) is 0 Å². The highest BCUT2D eigenvalue weighted by Gasteiger charge is 2.25. The van der Waals surface area contributed by atoms with Crippen LogP contribution in [-0.4, -0.2) is 18.7 Å². The first-order valence-corrected chi connectivity index (χ1v) is 6.81. The van der Waals surface area contributed by atoms with Gasteiger partial charge in [0.05, 0.1) is 0 Å². The van der Waals surface area contributed by atoms with Crippen molar-refractivity contribution in [3.05, 3.63) is 29.3 Å². The van der Waals surface area contributed by atoms with E-state index in [1.165, 1.54) is 12.8 Å². The molecule has 1 saturated carbocycles. The third-order valence-corrected chi connectivity index (χ3v) is 3.44. The van der Waals surface area contributed by atoms with Crippen molar-refractivity contribution >= 4 is 11.6 Å². The molecule has 0 heterocycles. The van der Waals surface area contributed by atoms with E-state index in [0.29, 0.717) is 12.1 Å². The van der Waals surface area contributed by atoms with Crippen molar-refractivity contribution in [2.24, 2.45) is 0 Å². The number of ether oxygens (including phenoxy) is 1. The molecule has 0 aliphatic heterocycles. The number of rotatable bonds is 5. The molecule has 94 valence electrons. The van der Waals surface area contributed by atoms with Crippen molar-refractivity contribution in [1.29, 1.82) is 0 Å². The second-order valence-electron chi connectivity index (χ2n) is 4.66. The summed E-state index contributed by atoms with van der Waals surface area (Å²) in [7, 11) is 0. The summed E-state index contributed by atoms with van der Waals surface area (Å²) < 4.78 is 5.94. The highest BCUT2D eigenvalue weighted by Crippen LogP contribution is 2.25. The van der Waals surface area contributed by atoms with Crippen molar-refractivity contribution < 1.29 is 4.74 Å². The van der Waals surface area contributed by atoms with Gasteiger partial charge in [-0.1, -0.05) is 18.5 Å². The summed E-state index contributed by atoms with van der Waals surface area (Å²) in [5.41, 5.74) is 0. The van der Waals surface area contributed by atoms with Gasteiger partial charge in [0.15, 0.2) is 0 Å². The Hall–Kier alpha value is -0.730. The van der Waals surface area contributed by atoms with E-state index in [0.717, 1.165) is 30.2 Å². The van der Waals surface area contributed by atoms with E-state index < -0.39 is 0 Å². The molecule has 1 aromatic carbocycles. The van der Waals surface area contributed by atoms with Crippen LogP contribution in [0.5, 0.6) is 5.75 Å². The van der Waals surface area contributed by atoms with Gasteiger partial charge in [0, 0.05) is 11.1 Å². The van der Waals surface area contributed by atoms with Crippen LogP contribution in [0, 0.1) is 0 Å².